The fourth-order valence-corrected chi connectivity index (χ4v) is 1.73. The van der Waals surface area contributed by atoms with Crippen LogP contribution in [0.1, 0.15) is 5.56 Å². The Kier molecular flexibility index (Phi) is 3.53. The van der Waals surface area contributed by atoms with Crippen molar-refractivity contribution < 1.29 is 4.74 Å². The van der Waals surface area contributed by atoms with E-state index in [1.807, 2.05) is 24.3 Å². The summed E-state index contributed by atoms with van der Waals surface area (Å²) in [7, 11) is 1.57. The van der Waals surface area contributed by atoms with Crippen LogP contribution in [0.15, 0.2) is 40.1 Å². The summed E-state index contributed by atoms with van der Waals surface area (Å²) in [6.07, 6.45) is 1.32. The van der Waals surface area contributed by atoms with Gasteiger partial charge in [-0.2, -0.15) is 0 Å². The lowest BCUT2D eigenvalue weighted by molar-refractivity contribution is 0.414. The molecule has 1 aromatic carbocycles. The van der Waals surface area contributed by atoms with Crippen LogP contribution in [-0.4, -0.2) is 16.7 Å². The van der Waals surface area contributed by atoms with Crippen molar-refractivity contribution >= 4 is 11.6 Å². The molecule has 0 spiro atoms. The van der Waals surface area contributed by atoms with Crippen LogP contribution in [0.2, 0.25) is 5.02 Å². The summed E-state index contributed by atoms with van der Waals surface area (Å²) in [6, 6.07) is 7.30. The van der Waals surface area contributed by atoms with Gasteiger partial charge in [-0.15, -0.1) is 0 Å². The molecule has 94 valence electrons. The molecule has 2 rings (SSSR count). The second-order valence-electron chi connectivity index (χ2n) is 3.72. The summed E-state index contributed by atoms with van der Waals surface area (Å²) < 4.78 is 6.43. The summed E-state index contributed by atoms with van der Waals surface area (Å²) >= 11 is 5.68. The molecule has 0 saturated heterocycles. The zero-order valence-electron chi connectivity index (χ0n) is 9.64. The molecule has 6 heteroatoms. The number of nitrogens with one attached hydrogen (secondary N) is 1. The van der Waals surface area contributed by atoms with Gasteiger partial charge in [0.15, 0.2) is 0 Å². The smallest absolute Gasteiger partial charge is 0.328 e. The second kappa shape index (κ2) is 5.10. The third-order valence-electron chi connectivity index (χ3n) is 2.45. The first kappa shape index (κ1) is 12.4. The number of hydrogen-bond acceptors (Lipinski definition) is 3. The highest BCUT2D eigenvalue weighted by atomic mass is 35.5. The number of H-pyrrole nitrogens is 1. The van der Waals surface area contributed by atoms with E-state index in [0.717, 1.165) is 5.56 Å². The van der Waals surface area contributed by atoms with Crippen molar-refractivity contribution in [2.75, 3.05) is 7.11 Å². The first-order valence-corrected chi connectivity index (χ1v) is 5.60. The molecule has 0 bridgehead atoms. The zero-order chi connectivity index (χ0) is 13.1. The molecule has 18 heavy (non-hydrogen) atoms. The van der Waals surface area contributed by atoms with Gasteiger partial charge in [0.25, 0.3) is 5.56 Å². The number of methoxy groups -OCH3 is 1. The first-order valence-electron chi connectivity index (χ1n) is 5.22. The van der Waals surface area contributed by atoms with E-state index < -0.39 is 11.2 Å². The van der Waals surface area contributed by atoms with Crippen molar-refractivity contribution in [1.82, 2.24) is 9.55 Å². The van der Waals surface area contributed by atoms with Gasteiger partial charge < -0.3 is 4.74 Å². The number of hydrogen-bond donors (Lipinski definition) is 1. The minimum Gasteiger partial charge on any atom is -0.497 e. The Morgan fingerprint density at radius 1 is 1.39 bits per heavy atom. The number of ether oxygens (including phenoxy) is 1. The molecule has 1 N–H and O–H groups in total. The van der Waals surface area contributed by atoms with E-state index in [2.05, 4.69) is 4.98 Å². The van der Waals surface area contributed by atoms with Crippen molar-refractivity contribution in [3.8, 4) is 5.75 Å². The van der Waals surface area contributed by atoms with Crippen LogP contribution in [0.3, 0.4) is 0 Å². The van der Waals surface area contributed by atoms with Crippen LogP contribution in [0.4, 0.5) is 0 Å². The third-order valence-corrected chi connectivity index (χ3v) is 2.72. The van der Waals surface area contributed by atoms with Crippen LogP contribution in [-0.2, 0) is 6.54 Å². The SMILES string of the molecule is COc1cccc(Cn2cc(Cl)c(=O)[nH]c2=O)c1. The molecule has 0 aliphatic carbocycles. The molecule has 0 aliphatic heterocycles. The monoisotopic (exact) mass is 266 g/mol. The Bertz CT molecular complexity index is 676. The minimum absolute atomic E-state index is 0.0162. The van der Waals surface area contributed by atoms with E-state index in [4.69, 9.17) is 16.3 Å². The number of halogens is 1. The molecular formula is C12H11ClN2O3. The van der Waals surface area contributed by atoms with Crippen molar-refractivity contribution in [3.05, 3.63) is 61.9 Å². The van der Waals surface area contributed by atoms with Crippen LogP contribution < -0.4 is 16.0 Å². The highest BCUT2D eigenvalue weighted by Gasteiger charge is 2.03. The molecule has 0 aliphatic rings. The van der Waals surface area contributed by atoms with Crippen LogP contribution in [0.5, 0.6) is 5.75 Å². The van der Waals surface area contributed by atoms with E-state index in [-0.39, 0.29) is 5.02 Å². The molecule has 0 atom stereocenters. The predicted molar refractivity (Wildman–Crippen MR) is 68.4 cm³/mol. The maximum atomic E-state index is 11.6. The topological polar surface area (TPSA) is 64.1 Å². The molecule has 0 radical (unpaired) electrons. The van der Waals surface area contributed by atoms with Crippen molar-refractivity contribution in [3.63, 3.8) is 0 Å². The summed E-state index contributed by atoms with van der Waals surface area (Å²) in [4.78, 5) is 24.8. The largest absolute Gasteiger partial charge is 0.497 e. The second-order valence-corrected chi connectivity index (χ2v) is 4.12. The van der Waals surface area contributed by atoms with Gasteiger partial charge in [-0.1, -0.05) is 23.7 Å². The molecule has 1 heterocycles. The molecule has 0 saturated carbocycles. The maximum Gasteiger partial charge on any atom is 0.328 e. The standard InChI is InChI=1S/C12H11ClN2O3/c1-18-9-4-2-3-8(5-9)6-15-7-10(13)11(16)14-12(15)17/h2-5,7H,6H2,1H3,(H,14,16,17). The number of aromatic nitrogens is 2. The van der Waals surface area contributed by atoms with Crippen LogP contribution in [0.25, 0.3) is 0 Å². The van der Waals surface area contributed by atoms with Gasteiger partial charge >= 0.3 is 5.69 Å². The lowest BCUT2D eigenvalue weighted by atomic mass is 10.2. The maximum absolute atomic E-state index is 11.6. The summed E-state index contributed by atoms with van der Waals surface area (Å²) in [5.41, 5.74) is -0.199. The minimum atomic E-state index is -0.580. The van der Waals surface area contributed by atoms with Crippen molar-refractivity contribution in [2.24, 2.45) is 0 Å². The van der Waals surface area contributed by atoms with E-state index in [1.165, 1.54) is 10.8 Å². The summed E-state index contributed by atoms with van der Waals surface area (Å²) in [5, 5.41) is -0.0162. The quantitative estimate of drug-likeness (QED) is 0.909. The summed E-state index contributed by atoms with van der Waals surface area (Å²) in [5.74, 6) is 0.705. The van der Waals surface area contributed by atoms with Gasteiger partial charge in [-0.05, 0) is 17.7 Å². The average Bonchev–Trinajstić information content (AvgIpc) is 2.36. The lowest BCUT2D eigenvalue weighted by Gasteiger charge is -2.07. The third kappa shape index (κ3) is 2.62. The molecular weight excluding hydrogens is 256 g/mol. The molecule has 5 nitrogen and oxygen atoms in total. The fraction of sp³-hybridized carbons (Fsp3) is 0.167. The van der Waals surface area contributed by atoms with Crippen molar-refractivity contribution in [1.29, 1.82) is 0 Å². The highest BCUT2D eigenvalue weighted by Crippen LogP contribution is 2.13. The first-order chi connectivity index (χ1) is 8.60. The Morgan fingerprint density at radius 2 is 2.17 bits per heavy atom. The number of nitrogens with zero attached hydrogens (tertiary/aromatic N) is 1. The molecule has 0 fully saturated rings. The van der Waals surface area contributed by atoms with E-state index in [1.54, 1.807) is 7.11 Å². The Morgan fingerprint density at radius 3 is 2.89 bits per heavy atom. The lowest BCUT2D eigenvalue weighted by Crippen LogP contribution is -2.29. The zero-order valence-corrected chi connectivity index (χ0v) is 10.4. The van der Waals surface area contributed by atoms with Crippen LogP contribution in [0, 0.1) is 0 Å². The number of benzene rings is 1. The van der Waals surface area contributed by atoms with Gasteiger partial charge in [0, 0.05) is 6.20 Å². The Balaban J connectivity index is 2.36. The van der Waals surface area contributed by atoms with Gasteiger partial charge in [-0.3, -0.25) is 14.3 Å². The van der Waals surface area contributed by atoms with E-state index in [0.29, 0.717) is 12.3 Å². The molecule has 2 aromatic rings. The van der Waals surface area contributed by atoms with E-state index >= 15 is 0 Å². The Labute approximate surface area is 108 Å². The average molecular weight is 267 g/mol. The van der Waals surface area contributed by atoms with Gasteiger partial charge in [0.05, 0.1) is 13.7 Å². The molecule has 0 unspecified atom stereocenters. The molecule has 0 amide bonds. The van der Waals surface area contributed by atoms with Gasteiger partial charge in [0.1, 0.15) is 10.8 Å². The van der Waals surface area contributed by atoms with Crippen molar-refractivity contribution in [2.45, 2.75) is 6.54 Å². The number of rotatable bonds is 3. The van der Waals surface area contributed by atoms with Gasteiger partial charge in [0.2, 0.25) is 0 Å². The number of aromatic amines is 1. The van der Waals surface area contributed by atoms with Gasteiger partial charge in [-0.25, -0.2) is 4.79 Å². The fourth-order valence-electron chi connectivity index (χ4n) is 1.57. The highest BCUT2D eigenvalue weighted by molar-refractivity contribution is 6.30. The van der Waals surface area contributed by atoms with E-state index in [9.17, 15) is 9.59 Å². The molecule has 1 aromatic heterocycles. The Hall–Kier alpha value is -2.01. The van der Waals surface area contributed by atoms with Crippen LogP contribution >= 0.6 is 11.6 Å². The predicted octanol–water partition coefficient (Wildman–Crippen LogP) is 1.25. The summed E-state index contributed by atoms with van der Waals surface area (Å²) in [6.45, 7) is 0.312. The normalized spacial score (nSPS) is 10.3.